The van der Waals surface area contributed by atoms with Crippen molar-refractivity contribution in [2.24, 2.45) is 0 Å². The molecule has 3 nitrogen and oxygen atoms in total. The van der Waals surface area contributed by atoms with E-state index in [0.717, 1.165) is 27.4 Å². The van der Waals surface area contributed by atoms with E-state index in [9.17, 15) is 0 Å². The minimum Gasteiger partial charge on any atom is -0.368 e. The number of ether oxygens (including phenoxy) is 1. The van der Waals surface area contributed by atoms with E-state index in [1.54, 1.807) is 0 Å². The third-order valence-electron chi connectivity index (χ3n) is 2.10. The third kappa shape index (κ3) is 2.75. The summed E-state index contributed by atoms with van der Waals surface area (Å²) < 4.78 is 6.52. The molecule has 6 heteroatoms. The molecule has 0 N–H and O–H groups in total. The van der Waals surface area contributed by atoms with Crippen molar-refractivity contribution in [2.75, 3.05) is 18.1 Å². The molecular formula is C9H10ClIN2OS. The molecule has 2 heterocycles. The van der Waals surface area contributed by atoms with Crippen LogP contribution in [0.25, 0.3) is 0 Å². The van der Waals surface area contributed by atoms with Crippen molar-refractivity contribution in [3.63, 3.8) is 0 Å². The van der Waals surface area contributed by atoms with E-state index in [-0.39, 0.29) is 6.10 Å². The van der Waals surface area contributed by atoms with Gasteiger partial charge in [-0.05, 0) is 29.5 Å². The van der Waals surface area contributed by atoms with Gasteiger partial charge in [-0.15, -0.1) is 0 Å². The maximum Gasteiger partial charge on any atom is 0.159 e. The standard InChI is InChI=1S/C9H10ClIN2OS/c1-5-7(11)8(10)13-9(12-5)6-4-15-3-2-14-6/h6H,2-4H2,1H3. The first kappa shape index (κ1) is 11.9. The second-order valence-electron chi connectivity index (χ2n) is 3.21. The lowest BCUT2D eigenvalue weighted by molar-refractivity contribution is 0.0693. The fraction of sp³-hybridized carbons (Fsp3) is 0.556. The number of halogens is 2. The largest absolute Gasteiger partial charge is 0.368 e. The second kappa shape index (κ2) is 5.16. The molecule has 2 rings (SSSR count). The van der Waals surface area contributed by atoms with Crippen LogP contribution in [0.15, 0.2) is 0 Å². The van der Waals surface area contributed by atoms with Gasteiger partial charge in [0.25, 0.3) is 0 Å². The van der Waals surface area contributed by atoms with Crippen molar-refractivity contribution in [3.8, 4) is 0 Å². The Kier molecular flexibility index (Phi) is 4.09. The van der Waals surface area contributed by atoms with Gasteiger partial charge in [0.15, 0.2) is 5.82 Å². The summed E-state index contributed by atoms with van der Waals surface area (Å²) in [7, 11) is 0. The van der Waals surface area contributed by atoms with Crippen LogP contribution in [0, 0.1) is 10.5 Å². The molecule has 0 aliphatic carbocycles. The van der Waals surface area contributed by atoms with Gasteiger partial charge in [-0.2, -0.15) is 11.8 Å². The van der Waals surface area contributed by atoms with Gasteiger partial charge in [0.2, 0.25) is 0 Å². The molecule has 15 heavy (non-hydrogen) atoms. The Bertz CT molecular complexity index is 348. The molecule has 0 saturated carbocycles. The number of rotatable bonds is 1. The molecule has 1 aromatic rings. The van der Waals surface area contributed by atoms with Crippen molar-refractivity contribution < 1.29 is 4.74 Å². The number of hydrogen-bond acceptors (Lipinski definition) is 4. The molecule has 82 valence electrons. The summed E-state index contributed by atoms with van der Waals surface area (Å²) in [6, 6.07) is 0. The number of aryl methyl sites for hydroxylation is 1. The van der Waals surface area contributed by atoms with Gasteiger partial charge in [0, 0.05) is 11.5 Å². The van der Waals surface area contributed by atoms with Crippen molar-refractivity contribution in [3.05, 3.63) is 20.2 Å². The zero-order valence-electron chi connectivity index (χ0n) is 8.17. The van der Waals surface area contributed by atoms with Gasteiger partial charge in [-0.3, -0.25) is 0 Å². The topological polar surface area (TPSA) is 35.0 Å². The zero-order chi connectivity index (χ0) is 10.8. The fourth-order valence-corrected chi connectivity index (χ4v) is 2.63. The van der Waals surface area contributed by atoms with Crippen LogP contribution in [0.4, 0.5) is 0 Å². The number of thioether (sulfide) groups is 1. The summed E-state index contributed by atoms with van der Waals surface area (Å²) >= 11 is 10.0. The van der Waals surface area contributed by atoms with Gasteiger partial charge in [-0.25, -0.2) is 9.97 Å². The summed E-state index contributed by atoms with van der Waals surface area (Å²) in [4.78, 5) is 8.68. The zero-order valence-corrected chi connectivity index (χ0v) is 11.9. The molecule has 0 bridgehead atoms. The van der Waals surface area contributed by atoms with Crippen LogP contribution in [0.5, 0.6) is 0 Å². The van der Waals surface area contributed by atoms with Crippen LogP contribution in [0.1, 0.15) is 17.6 Å². The first-order valence-corrected chi connectivity index (χ1v) is 7.18. The molecule has 0 aromatic carbocycles. The van der Waals surface area contributed by atoms with Crippen LogP contribution >= 0.6 is 46.0 Å². The van der Waals surface area contributed by atoms with Gasteiger partial charge in [0.1, 0.15) is 11.3 Å². The predicted octanol–water partition coefficient (Wildman–Crippen LogP) is 2.85. The Labute approximate surface area is 111 Å². The summed E-state index contributed by atoms with van der Waals surface area (Å²) in [5, 5.41) is 0.525. The van der Waals surface area contributed by atoms with E-state index in [1.807, 2.05) is 18.7 Å². The summed E-state index contributed by atoms with van der Waals surface area (Å²) in [6.07, 6.45) is -0.00282. The highest BCUT2D eigenvalue weighted by Crippen LogP contribution is 2.27. The third-order valence-corrected chi connectivity index (χ3v) is 4.98. The number of hydrogen-bond donors (Lipinski definition) is 0. The molecule has 1 saturated heterocycles. The maximum atomic E-state index is 6.02. The Morgan fingerprint density at radius 1 is 1.53 bits per heavy atom. The SMILES string of the molecule is Cc1nc(C2CSCCO2)nc(Cl)c1I. The molecule has 0 spiro atoms. The quantitative estimate of drug-likeness (QED) is 0.572. The van der Waals surface area contributed by atoms with Gasteiger partial charge < -0.3 is 4.74 Å². The van der Waals surface area contributed by atoms with Crippen LogP contribution in [-0.2, 0) is 4.74 Å². The summed E-state index contributed by atoms with van der Waals surface area (Å²) in [5.74, 6) is 2.68. The number of nitrogens with zero attached hydrogens (tertiary/aromatic N) is 2. The minimum absolute atomic E-state index is 0.00282. The molecule has 1 aliphatic rings. The van der Waals surface area contributed by atoms with Gasteiger partial charge in [0.05, 0.1) is 15.9 Å². The normalized spacial score (nSPS) is 21.7. The lowest BCUT2D eigenvalue weighted by atomic mass is 10.3. The van der Waals surface area contributed by atoms with Crippen LogP contribution in [-0.4, -0.2) is 28.1 Å². The van der Waals surface area contributed by atoms with Crippen molar-refractivity contribution >= 4 is 46.0 Å². The first-order valence-electron chi connectivity index (χ1n) is 4.57. The highest BCUT2D eigenvalue weighted by molar-refractivity contribution is 14.1. The van der Waals surface area contributed by atoms with E-state index in [0.29, 0.717) is 11.0 Å². The van der Waals surface area contributed by atoms with Crippen LogP contribution < -0.4 is 0 Å². The Morgan fingerprint density at radius 2 is 2.33 bits per heavy atom. The van der Waals surface area contributed by atoms with Crippen molar-refractivity contribution in [1.29, 1.82) is 0 Å². The van der Waals surface area contributed by atoms with Gasteiger partial charge >= 0.3 is 0 Å². The molecule has 1 fully saturated rings. The monoisotopic (exact) mass is 356 g/mol. The Hall–Kier alpha value is 0.410. The Morgan fingerprint density at radius 3 is 2.93 bits per heavy atom. The van der Waals surface area contributed by atoms with Crippen molar-refractivity contribution in [1.82, 2.24) is 9.97 Å². The molecule has 1 unspecified atom stereocenters. The maximum absolute atomic E-state index is 6.02. The fourth-order valence-electron chi connectivity index (χ4n) is 1.33. The van der Waals surface area contributed by atoms with Crippen LogP contribution in [0.3, 0.4) is 0 Å². The molecule has 0 amide bonds. The van der Waals surface area contributed by atoms with Crippen LogP contribution in [0.2, 0.25) is 5.15 Å². The summed E-state index contributed by atoms with van der Waals surface area (Å²) in [5.41, 5.74) is 0.921. The highest BCUT2D eigenvalue weighted by Gasteiger charge is 2.20. The van der Waals surface area contributed by atoms with E-state index >= 15 is 0 Å². The average molecular weight is 357 g/mol. The summed E-state index contributed by atoms with van der Waals surface area (Å²) in [6.45, 7) is 2.70. The first-order chi connectivity index (χ1) is 7.18. The van der Waals surface area contributed by atoms with E-state index in [2.05, 4.69) is 32.6 Å². The predicted molar refractivity (Wildman–Crippen MR) is 70.5 cm³/mol. The van der Waals surface area contributed by atoms with Crippen molar-refractivity contribution in [2.45, 2.75) is 13.0 Å². The Balaban J connectivity index is 2.27. The van der Waals surface area contributed by atoms with Gasteiger partial charge in [-0.1, -0.05) is 11.6 Å². The molecule has 1 aliphatic heterocycles. The molecule has 1 atom stereocenters. The second-order valence-corrected chi connectivity index (χ2v) is 5.79. The highest BCUT2D eigenvalue weighted by atomic mass is 127. The van der Waals surface area contributed by atoms with E-state index in [1.165, 1.54) is 0 Å². The van der Waals surface area contributed by atoms with E-state index in [4.69, 9.17) is 16.3 Å². The molecule has 1 aromatic heterocycles. The van der Waals surface area contributed by atoms with E-state index < -0.39 is 0 Å². The minimum atomic E-state index is -0.00282. The lowest BCUT2D eigenvalue weighted by Gasteiger charge is -2.21. The lowest BCUT2D eigenvalue weighted by Crippen LogP contribution is -2.18. The average Bonchev–Trinajstić information content (AvgIpc) is 2.26. The smallest absolute Gasteiger partial charge is 0.159 e. The molecule has 0 radical (unpaired) electrons. The molecular weight excluding hydrogens is 347 g/mol. The number of aromatic nitrogens is 2.